The summed E-state index contributed by atoms with van der Waals surface area (Å²) in [5.41, 5.74) is 3.85. The van der Waals surface area contributed by atoms with Gasteiger partial charge in [0.05, 0.1) is 12.0 Å². The van der Waals surface area contributed by atoms with Gasteiger partial charge in [0.2, 0.25) is 5.91 Å². The summed E-state index contributed by atoms with van der Waals surface area (Å²) < 4.78 is 5.63. The summed E-state index contributed by atoms with van der Waals surface area (Å²) in [4.78, 5) is 37.3. The molecular formula is C27H30N2O5. The molecule has 2 aromatic rings. The Bertz CT molecular complexity index is 1060. The number of alkyl carbamates (subject to hydrolysis) is 1. The quantitative estimate of drug-likeness (QED) is 0.545. The maximum absolute atomic E-state index is 13.1. The van der Waals surface area contributed by atoms with E-state index in [-0.39, 0.29) is 30.8 Å². The topological polar surface area (TPSA) is 105 Å². The number of carbonyl (C=O) groups is 3. The van der Waals surface area contributed by atoms with Crippen molar-refractivity contribution >= 4 is 18.0 Å². The van der Waals surface area contributed by atoms with Crippen molar-refractivity contribution in [3.63, 3.8) is 0 Å². The third kappa shape index (κ3) is 4.52. The first kappa shape index (κ1) is 22.4. The van der Waals surface area contributed by atoms with E-state index in [2.05, 4.69) is 34.9 Å². The highest BCUT2D eigenvalue weighted by atomic mass is 16.5. The van der Waals surface area contributed by atoms with Crippen LogP contribution in [0.3, 0.4) is 0 Å². The highest BCUT2D eigenvalue weighted by Gasteiger charge is 2.43. The van der Waals surface area contributed by atoms with Gasteiger partial charge in [0.1, 0.15) is 12.6 Å². The maximum Gasteiger partial charge on any atom is 0.407 e. The van der Waals surface area contributed by atoms with Crippen LogP contribution in [-0.2, 0) is 14.3 Å². The molecule has 0 aliphatic heterocycles. The molecule has 5 rings (SSSR count). The van der Waals surface area contributed by atoms with Crippen LogP contribution in [0.15, 0.2) is 48.5 Å². The van der Waals surface area contributed by atoms with Crippen LogP contribution in [0.1, 0.15) is 62.0 Å². The maximum atomic E-state index is 13.1. The molecule has 3 aliphatic carbocycles. The van der Waals surface area contributed by atoms with Crippen molar-refractivity contribution in [2.24, 2.45) is 5.92 Å². The number of benzene rings is 2. The van der Waals surface area contributed by atoms with Crippen LogP contribution in [0.4, 0.5) is 4.79 Å². The normalized spacial score (nSPS) is 19.1. The van der Waals surface area contributed by atoms with Crippen molar-refractivity contribution in [2.75, 3.05) is 6.61 Å². The summed E-state index contributed by atoms with van der Waals surface area (Å²) in [7, 11) is 0. The van der Waals surface area contributed by atoms with E-state index in [1.165, 1.54) is 0 Å². The van der Waals surface area contributed by atoms with E-state index in [1.807, 2.05) is 24.3 Å². The average molecular weight is 463 g/mol. The van der Waals surface area contributed by atoms with Crippen LogP contribution in [-0.4, -0.2) is 41.3 Å². The fourth-order valence-corrected chi connectivity index (χ4v) is 5.62. The predicted molar refractivity (Wildman–Crippen MR) is 126 cm³/mol. The second kappa shape index (κ2) is 9.12. The number of nitrogens with one attached hydrogen (secondary N) is 2. The average Bonchev–Trinajstić information content (AvgIpc) is 3.48. The van der Waals surface area contributed by atoms with Crippen molar-refractivity contribution in [3.05, 3.63) is 59.7 Å². The molecule has 0 radical (unpaired) electrons. The summed E-state index contributed by atoms with van der Waals surface area (Å²) in [5.74, 6) is -1.22. The number of aliphatic carboxylic acids is 1. The van der Waals surface area contributed by atoms with Crippen LogP contribution in [0.2, 0.25) is 0 Å². The first-order valence-corrected chi connectivity index (χ1v) is 12.1. The number of carboxylic acids is 1. The number of rotatable bonds is 8. The molecule has 0 aromatic heterocycles. The molecule has 2 amide bonds. The monoisotopic (exact) mass is 462 g/mol. The fourth-order valence-electron chi connectivity index (χ4n) is 5.62. The highest BCUT2D eigenvalue weighted by Crippen LogP contribution is 2.44. The van der Waals surface area contributed by atoms with Crippen LogP contribution < -0.4 is 10.6 Å². The summed E-state index contributed by atoms with van der Waals surface area (Å²) in [6.07, 6.45) is 4.07. The Balaban J connectivity index is 1.24. The van der Waals surface area contributed by atoms with Gasteiger partial charge in [0, 0.05) is 5.92 Å². The van der Waals surface area contributed by atoms with Gasteiger partial charge >= 0.3 is 12.1 Å². The standard InChI is InChI=1S/C27H30N2O5/c30-23(31)15-27(13-5-6-14-27)29-25(32)24(17-11-12-17)28-26(33)34-16-22-20-9-3-1-7-18(20)19-8-2-4-10-21(19)22/h1-4,7-10,17,22,24H,5-6,11-16H2,(H,28,33)(H,29,32)(H,30,31). The largest absolute Gasteiger partial charge is 0.481 e. The Kier molecular flexibility index (Phi) is 6.02. The Morgan fingerprint density at radius 1 is 0.971 bits per heavy atom. The van der Waals surface area contributed by atoms with E-state index >= 15 is 0 Å². The van der Waals surface area contributed by atoms with Gasteiger partial charge in [-0.25, -0.2) is 4.79 Å². The summed E-state index contributed by atoms with van der Waals surface area (Å²) in [6, 6.07) is 15.6. The number of amides is 2. The van der Waals surface area contributed by atoms with Gasteiger partial charge in [-0.3, -0.25) is 9.59 Å². The zero-order chi connectivity index (χ0) is 23.7. The van der Waals surface area contributed by atoms with E-state index in [9.17, 15) is 19.5 Å². The second-order valence-electron chi connectivity index (χ2n) is 9.83. The molecule has 0 bridgehead atoms. The van der Waals surface area contributed by atoms with Gasteiger partial charge < -0.3 is 20.5 Å². The molecule has 0 spiro atoms. The second-order valence-corrected chi connectivity index (χ2v) is 9.83. The SMILES string of the molecule is O=C(O)CC1(NC(=O)C(NC(=O)OCC2c3ccccc3-c3ccccc32)C2CC2)CCCC1. The molecule has 3 aliphatic rings. The Morgan fingerprint density at radius 3 is 2.12 bits per heavy atom. The first-order chi connectivity index (χ1) is 16.5. The molecule has 1 unspecified atom stereocenters. The minimum atomic E-state index is -0.922. The third-order valence-corrected chi connectivity index (χ3v) is 7.43. The van der Waals surface area contributed by atoms with E-state index in [0.29, 0.717) is 12.8 Å². The molecule has 3 N–H and O–H groups in total. The summed E-state index contributed by atoms with van der Waals surface area (Å²) in [6.45, 7) is 0.182. The van der Waals surface area contributed by atoms with Crippen molar-refractivity contribution in [2.45, 2.75) is 62.4 Å². The van der Waals surface area contributed by atoms with Crippen molar-refractivity contribution in [1.29, 1.82) is 0 Å². The van der Waals surface area contributed by atoms with Gasteiger partial charge in [-0.05, 0) is 53.9 Å². The minimum absolute atomic E-state index is 0.0522. The first-order valence-electron chi connectivity index (χ1n) is 12.1. The summed E-state index contributed by atoms with van der Waals surface area (Å²) >= 11 is 0. The van der Waals surface area contributed by atoms with E-state index < -0.39 is 23.6 Å². The lowest BCUT2D eigenvalue weighted by Gasteiger charge is -2.31. The number of carboxylic acid groups (broad SMARTS) is 1. The van der Waals surface area contributed by atoms with Crippen LogP contribution >= 0.6 is 0 Å². The molecule has 34 heavy (non-hydrogen) atoms. The summed E-state index contributed by atoms with van der Waals surface area (Å²) in [5, 5.41) is 15.1. The minimum Gasteiger partial charge on any atom is -0.481 e. The molecular weight excluding hydrogens is 432 g/mol. The van der Waals surface area contributed by atoms with Gasteiger partial charge in [-0.2, -0.15) is 0 Å². The van der Waals surface area contributed by atoms with Crippen LogP contribution in [0.25, 0.3) is 11.1 Å². The number of fused-ring (bicyclic) bond motifs is 3. The smallest absolute Gasteiger partial charge is 0.407 e. The fraction of sp³-hybridized carbons (Fsp3) is 0.444. The van der Waals surface area contributed by atoms with Gasteiger partial charge in [-0.15, -0.1) is 0 Å². The zero-order valence-electron chi connectivity index (χ0n) is 19.1. The van der Waals surface area contributed by atoms with E-state index in [0.717, 1.165) is 47.9 Å². The molecule has 1 atom stereocenters. The predicted octanol–water partition coefficient (Wildman–Crippen LogP) is 4.21. The number of hydrogen-bond donors (Lipinski definition) is 3. The molecule has 7 nitrogen and oxygen atoms in total. The Hall–Kier alpha value is -3.35. The number of ether oxygens (including phenoxy) is 1. The van der Waals surface area contributed by atoms with Crippen LogP contribution in [0, 0.1) is 5.92 Å². The van der Waals surface area contributed by atoms with Crippen molar-refractivity contribution in [1.82, 2.24) is 10.6 Å². The molecule has 7 heteroatoms. The molecule has 2 saturated carbocycles. The molecule has 2 fully saturated rings. The van der Waals surface area contributed by atoms with E-state index in [1.54, 1.807) is 0 Å². The lowest BCUT2D eigenvalue weighted by atomic mass is 9.92. The number of hydrogen-bond acceptors (Lipinski definition) is 4. The lowest BCUT2D eigenvalue weighted by molar-refractivity contribution is -0.139. The van der Waals surface area contributed by atoms with Gasteiger partial charge in [0.25, 0.3) is 0 Å². The van der Waals surface area contributed by atoms with Crippen molar-refractivity contribution in [3.8, 4) is 11.1 Å². The molecule has 0 heterocycles. The zero-order valence-corrected chi connectivity index (χ0v) is 19.1. The highest BCUT2D eigenvalue weighted by molar-refractivity contribution is 5.87. The third-order valence-electron chi connectivity index (χ3n) is 7.43. The molecule has 178 valence electrons. The van der Waals surface area contributed by atoms with Crippen molar-refractivity contribution < 1.29 is 24.2 Å². The number of carbonyl (C=O) groups excluding carboxylic acids is 2. The van der Waals surface area contributed by atoms with Gasteiger partial charge in [0.15, 0.2) is 0 Å². The lowest BCUT2D eigenvalue weighted by Crippen LogP contribution is -2.56. The molecule has 2 aromatic carbocycles. The van der Waals surface area contributed by atoms with Gasteiger partial charge in [-0.1, -0.05) is 61.4 Å². The van der Waals surface area contributed by atoms with E-state index in [4.69, 9.17) is 4.74 Å². The van der Waals surface area contributed by atoms with Crippen LogP contribution in [0.5, 0.6) is 0 Å². The Morgan fingerprint density at radius 2 is 1.56 bits per heavy atom. The molecule has 0 saturated heterocycles. The Labute approximate surface area is 198 Å².